The van der Waals surface area contributed by atoms with E-state index in [1.54, 1.807) is 18.3 Å². The summed E-state index contributed by atoms with van der Waals surface area (Å²) < 4.78 is 5.05. The molecule has 0 radical (unpaired) electrons. The van der Waals surface area contributed by atoms with Crippen LogP contribution in [0.4, 0.5) is 11.6 Å². The van der Waals surface area contributed by atoms with Crippen molar-refractivity contribution in [2.45, 2.75) is 19.0 Å². The number of hydrogen-bond donors (Lipinski definition) is 4. The summed E-state index contributed by atoms with van der Waals surface area (Å²) in [6.07, 6.45) is 1.55. The van der Waals surface area contributed by atoms with Crippen LogP contribution >= 0.6 is 11.8 Å². The predicted octanol–water partition coefficient (Wildman–Crippen LogP) is 3.31. The Hall–Kier alpha value is -3.53. The van der Waals surface area contributed by atoms with Gasteiger partial charge in [-0.3, -0.25) is 4.79 Å². The molecule has 0 saturated carbocycles. The van der Waals surface area contributed by atoms with Crippen LogP contribution in [0, 0.1) is 13.8 Å². The molecule has 0 bridgehead atoms. The van der Waals surface area contributed by atoms with Gasteiger partial charge in [0, 0.05) is 5.69 Å². The lowest BCUT2D eigenvalue weighted by Gasteiger charge is -2.10. The maximum Gasteiger partial charge on any atom is 0.240 e. The van der Waals surface area contributed by atoms with Crippen LogP contribution in [-0.2, 0) is 4.79 Å². The number of aromatic hydroxyl groups is 1. The lowest BCUT2D eigenvalue weighted by atomic mass is 10.1. The maximum atomic E-state index is 12.2. The zero-order valence-corrected chi connectivity index (χ0v) is 17.6. The highest BCUT2D eigenvalue weighted by Crippen LogP contribution is 2.25. The normalized spacial score (nSPS) is 10.9. The third-order valence-corrected chi connectivity index (χ3v) is 4.98. The minimum absolute atomic E-state index is 0.0566. The summed E-state index contributed by atoms with van der Waals surface area (Å²) >= 11 is 1.21. The Morgan fingerprint density at radius 2 is 2.07 bits per heavy atom. The van der Waals surface area contributed by atoms with Gasteiger partial charge in [-0.15, -0.1) is 5.10 Å². The molecule has 1 aromatic heterocycles. The second-order valence-corrected chi connectivity index (χ2v) is 7.31. The van der Waals surface area contributed by atoms with Crippen LogP contribution in [0.25, 0.3) is 0 Å². The number of aromatic nitrogens is 3. The van der Waals surface area contributed by atoms with Gasteiger partial charge < -0.3 is 15.2 Å². The Labute approximate surface area is 178 Å². The first-order chi connectivity index (χ1) is 14.5. The molecule has 0 fully saturated rings. The number of nitrogens with zero attached hydrogens (tertiary/aromatic N) is 3. The number of hydrazone groups is 1. The van der Waals surface area contributed by atoms with E-state index >= 15 is 0 Å². The Morgan fingerprint density at radius 1 is 1.30 bits per heavy atom. The summed E-state index contributed by atoms with van der Waals surface area (Å²) in [4.78, 5) is 16.5. The van der Waals surface area contributed by atoms with E-state index in [-0.39, 0.29) is 17.4 Å². The molecule has 0 aliphatic rings. The summed E-state index contributed by atoms with van der Waals surface area (Å²) in [5, 5.41) is 23.8. The molecule has 0 atom stereocenters. The van der Waals surface area contributed by atoms with Gasteiger partial charge in [0.1, 0.15) is 0 Å². The molecule has 3 rings (SSSR count). The molecule has 10 heteroatoms. The van der Waals surface area contributed by atoms with E-state index in [0.717, 1.165) is 22.4 Å². The molecule has 0 unspecified atom stereocenters. The van der Waals surface area contributed by atoms with E-state index in [4.69, 9.17) is 4.74 Å². The van der Waals surface area contributed by atoms with Gasteiger partial charge >= 0.3 is 0 Å². The van der Waals surface area contributed by atoms with Crippen LogP contribution < -0.4 is 15.5 Å². The van der Waals surface area contributed by atoms with E-state index in [2.05, 4.69) is 31.0 Å². The number of benzene rings is 2. The zero-order valence-electron chi connectivity index (χ0n) is 16.8. The lowest BCUT2D eigenvalue weighted by molar-refractivity contribution is -0.113. The fourth-order valence-electron chi connectivity index (χ4n) is 2.62. The third kappa shape index (κ3) is 5.51. The molecule has 30 heavy (non-hydrogen) atoms. The van der Waals surface area contributed by atoms with Crippen molar-refractivity contribution in [1.82, 2.24) is 15.2 Å². The topological polar surface area (TPSA) is 125 Å². The fourth-order valence-corrected chi connectivity index (χ4v) is 3.22. The van der Waals surface area contributed by atoms with Gasteiger partial charge in [0.25, 0.3) is 0 Å². The Kier molecular flexibility index (Phi) is 6.91. The van der Waals surface area contributed by atoms with Gasteiger partial charge in [-0.1, -0.05) is 30.0 Å². The molecule has 1 amide bonds. The molecule has 0 saturated heterocycles. The largest absolute Gasteiger partial charge is 0.504 e. The van der Waals surface area contributed by atoms with Crippen molar-refractivity contribution < 1.29 is 14.6 Å². The number of methoxy groups -OCH3 is 1. The molecule has 0 aliphatic carbocycles. The average Bonchev–Trinajstić information content (AvgIpc) is 3.18. The number of aryl methyl sites for hydroxylation is 2. The number of phenols is 1. The molecule has 2 aromatic carbocycles. The lowest BCUT2D eigenvalue weighted by Crippen LogP contribution is -2.15. The second-order valence-electron chi connectivity index (χ2n) is 6.37. The first-order valence-corrected chi connectivity index (χ1v) is 10.0. The zero-order chi connectivity index (χ0) is 21.5. The third-order valence-electron chi connectivity index (χ3n) is 4.13. The average molecular weight is 427 g/mol. The molecular weight excluding hydrogens is 404 g/mol. The molecule has 4 N–H and O–H groups in total. The van der Waals surface area contributed by atoms with Crippen LogP contribution in [-0.4, -0.2) is 45.3 Å². The number of carbonyl (C=O) groups excluding carboxylic acids is 1. The van der Waals surface area contributed by atoms with E-state index < -0.39 is 0 Å². The number of thioether (sulfide) groups is 1. The Bertz CT molecular complexity index is 1050. The molecule has 3 aromatic rings. The van der Waals surface area contributed by atoms with E-state index in [9.17, 15) is 9.90 Å². The van der Waals surface area contributed by atoms with Crippen molar-refractivity contribution in [1.29, 1.82) is 0 Å². The van der Waals surface area contributed by atoms with Crippen molar-refractivity contribution in [3.8, 4) is 11.5 Å². The number of carbonyl (C=O) groups is 1. The fraction of sp³-hybridized carbons (Fsp3) is 0.200. The van der Waals surface area contributed by atoms with Crippen molar-refractivity contribution in [2.75, 3.05) is 23.6 Å². The number of aromatic amines is 1. The number of rotatable bonds is 8. The van der Waals surface area contributed by atoms with Gasteiger partial charge in [-0.2, -0.15) is 10.1 Å². The first-order valence-electron chi connectivity index (χ1n) is 9.03. The smallest absolute Gasteiger partial charge is 0.240 e. The molecule has 0 aliphatic heterocycles. The van der Waals surface area contributed by atoms with Gasteiger partial charge in [-0.25, -0.2) is 10.5 Å². The molecular formula is C20H22N6O3S. The minimum Gasteiger partial charge on any atom is -0.504 e. The number of H-pyrrole nitrogens is 1. The summed E-state index contributed by atoms with van der Waals surface area (Å²) in [6.45, 7) is 3.91. The van der Waals surface area contributed by atoms with Crippen molar-refractivity contribution in [3.63, 3.8) is 0 Å². The maximum absolute atomic E-state index is 12.2. The number of amides is 1. The van der Waals surface area contributed by atoms with Crippen LogP contribution in [0.3, 0.4) is 0 Å². The molecule has 0 spiro atoms. The number of phenolic OH excluding ortho intramolecular Hbond substituents is 1. The van der Waals surface area contributed by atoms with Gasteiger partial charge in [0.15, 0.2) is 11.5 Å². The number of para-hydroxylation sites is 1. The van der Waals surface area contributed by atoms with Crippen molar-refractivity contribution >= 4 is 35.5 Å². The Morgan fingerprint density at radius 3 is 2.80 bits per heavy atom. The van der Waals surface area contributed by atoms with E-state index in [0.29, 0.717) is 16.9 Å². The number of anilines is 2. The minimum atomic E-state index is -0.129. The van der Waals surface area contributed by atoms with Crippen LogP contribution in [0.5, 0.6) is 11.5 Å². The highest BCUT2D eigenvalue weighted by atomic mass is 32.2. The van der Waals surface area contributed by atoms with Gasteiger partial charge in [0.05, 0.1) is 19.1 Å². The standard InChI is InChI=1S/C20H22N6O3S/c1-12-5-4-6-13(2)18(12)22-17(28)11-30-20-23-19(25-26-20)24-21-10-14-7-8-15(27)16(9-14)29-3/h4-10,27H,11H2,1-3H3,(H,22,28)(H2,23,24,25,26)/b21-10-. The van der Waals surface area contributed by atoms with Crippen LogP contribution in [0.2, 0.25) is 0 Å². The Balaban J connectivity index is 1.51. The molecule has 9 nitrogen and oxygen atoms in total. The summed E-state index contributed by atoms with van der Waals surface area (Å²) in [5.41, 5.74) is 6.33. The second kappa shape index (κ2) is 9.79. The number of nitrogens with one attached hydrogen (secondary N) is 3. The van der Waals surface area contributed by atoms with Crippen LogP contribution in [0.15, 0.2) is 46.7 Å². The summed E-state index contributed by atoms with van der Waals surface area (Å²) in [5.74, 6) is 0.810. The quantitative estimate of drug-likeness (QED) is 0.247. The van der Waals surface area contributed by atoms with Crippen molar-refractivity contribution in [3.05, 3.63) is 53.1 Å². The van der Waals surface area contributed by atoms with Crippen molar-refractivity contribution in [2.24, 2.45) is 5.10 Å². The van der Waals surface area contributed by atoms with E-state index in [1.165, 1.54) is 24.9 Å². The number of ether oxygens (including phenoxy) is 1. The molecule has 1 heterocycles. The highest BCUT2D eigenvalue weighted by molar-refractivity contribution is 7.99. The predicted molar refractivity (Wildman–Crippen MR) is 118 cm³/mol. The summed E-state index contributed by atoms with van der Waals surface area (Å²) in [7, 11) is 1.48. The SMILES string of the molecule is COc1cc(/C=N\Nc2nc(SCC(=O)Nc3c(C)cccc3C)n[nH]2)ccc1O. The highest BCUT2D eigenvalue weighted by Gasteiger charge is 2.10. The monoisotopic (exact) mass is 426 g/mol. The number of hydrogen-bond acceptors (Lipinski definition) is 8. The first kappa shape index (κ1) is 21.2. The molecule has 156 valence electrons. The van der Waals surface area contributed by atoms with E-state index in [1.807, 2.05) is 32.0 Å². The van der Waals surface area contributed by atoms with Gasteiger partial charge in [-0.05, 0) is 48.7 Å². The van der Waals surface area contributed by atoms with Gasteiger partial charge in [0.2, 0.25) is 17.0 Å². The van der Waals surface area contributed by atoms with Crippen LogP contribution in [0.1, 0.15) is 16.7 Å². The summed E-state index contributed by atoms with van der Waals surface area (Å²) in [6, 6.07) is 10.7.